The minimum absolute atomic E-state index is 0.0295. The molecule has 4 rings (SSSR count). The lowest BCUT2D eigenvalue weighted by Gasteiger charge is -2.38. The van der Waals surface area contributed by atoms with E-state index in [1.165, 1.54) is 17.7 Å². The molecular weight excluding hydrogens is 641 g/mol. The van der Waals surface area contributed by atoms with Gasteiger partial charge in [-0.2, -0.15) is 5.26 Å². The second-order valence-corrected chi connectivity index (χ2v) is 13.9. The fourth-order valence-corrected chi connectivity index (χ4v) is 5.79. The third-order valence-corrected chi connectivity index (χ3v) is 8.20. The summed E-state index contributed by atoms with van der Waals surface area (Å²) >= 11 is 6.57. The maximum atomic E-state index is 14.6. The Morgan fingerprint density at radius 2 is 1.88 bits per heavy atom. The Labute approximate surface area is 284 Å². The van der Waals surface area contributed by atoms with Gasteiger partial charge in [-0.25, -0.2) is 14.2 Å². The summed E-state index contributed by atoms with van der Waals surface area (Å²) in [6, 6.07) is 10.6. The Hall–Kier alpha value is -4.57. The number of amides is 2. The van der Waals surface area contributed by atoms with Crippen molar-refractivity contribution in [2.75, 3.05) is 43.6 Å². The van der Waals surface area contributed by atoms with E-state index in [4.69, 9.17) is 26.1 Å². The van der Waals surface area contributed by atoms with Crippen LogP contribution in [0.2, 0.25) is 5.02 Å². The zero-order valence-corrected chi connectivity index (χ0v) is 29.1. The Balaban J connectivity index is 1.67. The predicted molar refractivity (Wildman–Crippen MR) is 184 cm³/mol. The van der Waals surface area contributed by atoms with Crippen LogP contribution in [-0.4, -0.2) is 66.6 Å². The van der Waals surface area contributed by atoms with Gasteiger partial charge in [0.2, 0.25) is 0 Å². The first kappa shape index (κ1) is 36.3. The Morgan fingerprint density at radius 1 is 1.19 bits per heavy atom. The topological polar surface area (TPSA) is 151 Å². The van der Waals surface area contributed by atoms with Crippen LogP contribution in [0.3, 0.4) is 0 Å². The number of nitrogens with one attached hydrogen (secondary N) is 3. The van der Waals surface area contributed by atoms with Crippen molar-refractivity contribution in [3.8, 4) is 11.8 Å². The van der Waals surface area contributed by atoms with Gasteiger partial charge >= 0.3 is 6.09 Å². The molecule has 258 valence electrons. The van der Waals surface area contributed by atoms with Crippen LogP contribution in [0.1, 0.15) is 47.1 Å². The second kappa shape index (κ2) is 15.1. The lowest BCUT2D eigenvalue weighted by atomic mass is 9.89. The minimum atomic E-state index is -0.944. The quantitative estimate of drug-likeness (QED) is 0.256. The monoisotopic (exact) mass is 683 g/mol. The SMILES string of the molecule is CNC(=O)COc1cc2cc(Nc3nc(N4CC(C)C(F)C(C)C4)c(C#N)cc3Cl)ccc2n(CC(C)COC(=O)NC(C)(C)C)c1=O. The molecule has 0 bridgehead atoms. The Bertz CT molecular complexity index is 1760. The minimum Gasteiger partial charge on any atom is -0.478 e. The molecule has 12 nitrogen and oxygen atoms in total. The molecular formula is C34H43ClFN7O5. The van der Waals surface area contributed by atoms with E-state index in [0.29, 0.717) is 41.3 Å². The normalized spacial score (nSPS) is 18.5. The highest BCUT2D eigenvalue weighted by Crippen LogP contribution is 2.34. The first-order valence-corrected chi connectivity index (χ1v) is 16.2. The van der Waals surface area contributed by atoms with Crippen LogP contribution in [0.15, 0.2) is 35.1 Å². The molecule has 3 unspecified atom stereocenters. The van der Waals surface area contributed by atoms with E-state index < -0.39 is 29.3 Å². The van der Waals surface area contributed by atoms with Crippen LogP contribution in [-0.2, 0) is 16.1 Å². The van der Waals surface area contributed by atoms with Crippen molar-refractivity contribution >= 4 is 51.8 Å². The zero-order chi connectivity index (χ0) is 35.3. The number of pyridine rings is 2. The zero-order valence-electron chi connectivity index (χ0n) is 28.3. The molecule has 0 spiro atoms. The van der Waals surface area contributed by atoms with E-state index in [0.717, 1.165) is 0 Å². The number of nitriles is 1. The number of nitrogens with zero attached hydrogens (tertiary/aromatic N) is 4. The summed E-state index contributed by atoms with van der Waals surface area (Å²) in [4.78, 5) is 44.3. The van der Waals surface area contributed by atoms with Gasteiger partial charge in [0, 0.05) is 61.0 Å². The molecule has 1 aliphatic rings. The number of halogens is 2. The number of rotatable bonds is 10. The van der Waals surface area contributed by atoms with Crippen molar-refractivity contribution < 1.29 is 23.5 Å². The summed E-state index contributed by atoms with van der Waals surface area (Å²) in [5, 5.41) is 19.1. The van der Waals surface area contributed by atoms with Gasteiger partial charge < -0.3 is 34.9 Å². The highest BCUT2D eigenvalue weighted by Gasteiger charge is 2.33. The van der Waals surface area contributed by atoms with Crippen molar-refractivity contribution in [1.29, 1.82) is 5.26 Å². The third-order valence-electron chi connectivity index (χ3n) is 7.91. The van der Waals surface area contributed by atoms with Crippen molar-refractivity contribution in [1.82, 2.24) is 20.2 Å². The number of alkyl carbamates (subject to hydrolysis) is 1. The summed E-state index contributed by atoms with van der Waals surface area (Å²) in [7, 11) is 1.47. The number of carbonyl (C=O) groups excluding carboxylic acids is 2. The van der Waals surface area contributed by atoms with E-state index >= 15 is 0 Å². The van der Waals surface area contributed by atoms with Gasteiger partial charge in [0.25, 0.3) is 11.5 Å². The fourth-order valence-electron chi connectivity index (χ4n) is 5.60. The lowest BCUT2D eigenvalue weighted by molar-refractivity contribution is -0.122. The Morgan fingerprint density at radius 3 is 2.50 bits per heavy atom. The number of ether oxygens (including phenoxy) is 2. The lowest BCUT2D eigenvalue weighted by Crippen LogP contribution is -2.46. The molecule has 48 heavy (non-hydrogen) atoms. The summed E-state index contributed by atoms with van der Waals surface area (Å²) in [5.41, 5.74) is 0.546. The number of hydrogen-bond acceptors (Lipinski definition) is 9. The molecule has 3 heterocycles. The molecule has 0 saturated carbocycles. The van der Waals surface area contributed by atoms with E-state index in [1.54, 1.807) is 24.3 Å². The molecule has 3 N–H and O–H groups in total. The van der Waals surface area contributed by atoms with Gasteiger partial charge in [-0.05, 0) is 51.1 Å². The van der Waals surface area contributed by atoms with E-state index in [9.17, 15) is 24.0 Å². The number of alkyl halides is 1. The van der Waals surface area contributed by atoms with Crippen LogP contribution < -0.4 is 31.1 Å². The number of anilines is 3. The number of piperidine rings is 1. The van der Waals surface area contributed by atoms with Crippen LogP contribution >= 0.6 is 11.6 Å². The largest absolute Gasteiger partial charge is 0.478 e. The smallest absolute Gasteiger partial charge is 0.407 e. The summed E-state index contributed by atoms with van der Waals surface area (Å²) in [5.74, 6) is -0.433. The van der Waals surface area contributed by atoms with E-state index in [-0.39, 0.29) is 53.8 Å². The van der Waals surface area contributed by atoms with Gasteiger partial charge in [0.05, 0.1) is 22.7 Å². The van der Waals surface area contributed by atoms with Gasteiger partial charge in [-0.1, -0.05) is 32.4 Å². The molecule has 3 aromatic rings. The van der Waals surface area contributed by atoms with Crippen molar-refractivity contribution in [3.05, 3.63) is 51.3 Å². The second-order valence-electron chi connectivity index (χ2n) is 13.5. The molecule has 14 heteroatoms. The average molecular weight is 684 g/mol. The van der Waals surface area contributed by atoms with Crippen LogP contribution in [0, 0.1) is 29.1 Å². The molecule has 1 fully saturated rings. The molecule has 3 atom stereocenters. The summed E-state index contributed by atoms with van der Waals surface area (Å²) in [6.07, 6.45) is -1.50. The number of likely N-dealkylation sites (N-methyl/N-ethyl adjacent to an activating group) is 1. The summed E-state index contributed by atoms with van der Waals surface area (Å²) in [6.45, 7) is 11.8. The first-order chi connectivity index (χ1) is 22.6. The first-order valence-electron chi connectivity index (χ1n) is 15.8. The van der Waals surface area contributed by atoms with Gasteiger partial charge in [0.15, 0.2) is 18.2 Å². The maximum Gasteiger partial charge on any atom is 0.407 e. The van der Waals surface area contributed by atoms with Gasteiger partial charge in [-0.3, -0.25) is 9.59 Å². The number of carbonyl (C=O) groups is 2. The Kier molecular flexibility index (Phi) is 11.4. The number of aromatic nitrogens is 2. The molecule has 0 aliphatic carbocycles. The molecule has 0 radical (unpaired) electrons. The third kappa shape index (κ3) is 8.86. The molecule has 2 aromatic heterocycles. The number of benzene rings is 1. The highest BCUT2D eigenvalue weighted by molar-refractivity contribution is 6.33. The standard InChI is InChI=1S/C34H43ClFN7O5/c1-19(17-48-33(46)41-34(4,5)6)14-43-26-9-8-24(10-22(26)12-27(32(43)45)47-18-28(44)38-7)39-30-25(35)11-23(13-37)31(40-30)42-15-20(2)29(36)21(3)16-42/h8-12,19-21,29H,14-18H2,1-7H3,(H,38,44)(H,39,40)(H,41,46). The van der Waals surface area contributed by atoms with Gasteiger partial charge in [-0.15, -0.1) is 0 Å². The molecule has 1 saturated heterocycles. The van der Waals surface area contributed by atoms with Crippen LogP contribution in [0.25, 0.3) is 10.9 Å². The van der Waals surface area contributed by atoms with E-state index in [2.05, 4.69) is 22.0 Å². The summed E-state index contributed by atoms with van der Waals surface area (Å²) < 4.78 is 27.1. The molecule has 1 aromatic carbocycles. The highest BCUT2D eigenvalue weighted by atomic mass is 35.5. The maximum absolute atomic E-state index is 14.6. The van der Waals surface area contributed by atoms with Crippen molar-refractivity contribution in [3.63, 3.8) is 0 Å². The van der Waals surface area contributed by atoms with Crippen molar-refractivity contribution in [2.45, 2.75) is 59.8 Å². The number of hydrogen-bond donors (Lipinski definition) is 3. The van der Waals surface area contributed by atoms with Gasteiger partial charge in [0.1, 0.15) is 18.1 Å². The van der Waals surface area contributed by atoms with Crippen LogP contribution in [0.4, 0.5) is 26.5 Å². The molecule has 1 aliphatic heterocycles. The fraction of sp³-hybridized carbons (Fsp3) is 0.500. The molecule has 2 amide bonds. The number of fused-ring (bicyclic) bond motifs is 1. The van der Waals surface area contributed by atoms with Crippen LogP contribution in [0.5, 0.6) is 5.75 Å². The predicted octanol–water partition coefficient (Wildman–Crippen LogP) is 5.38. The average Bonchev–Trinajstić information content (AvgIpc) is 3.02. The van der Waals surface area contributed by atoms with Crippen molar-refractivity contribution in [2.24, 2.45) is 17.8 Å². The van der Waals surface area contributed by atoms with E-state index in [1.807, 2.05) is 46.4 Å².